The summed E-state index contributed by atoms with van der Waals surface area (Å²) in [4.78, 5) is 29.4. The predicted octanol–water partition coefficient (Wildman–Crippen LogP) is 4.69. The number of nitrogens with one attached hydrogen (secondary N) is 1. The van der Waals surface area contributed by atoms with Crippen LogP contribution in [0.5, 0.6) is 0 Å². The first-order chi connectivity index (χ1) is 16.7. The van der Waals surface area contributed by atoms with E-state index in [2.05, 4.69) is 38.0 Å². The average Bonchev–Trinajstić information content (AvgIpc) is 3.28. The normalized spacial score (nSPS) is 25.0. The molecule has 3 aliphatic rings. The van der Waals surface area contributed by atoms with Gasteiger partial charge in [-0.2, -0.15) is 4.98 Å². The molecular weight excluding hydrogens is 424 g/mol. The Bertz CT molecular complexity index is 750. The van der Waals surface area contributed by atoms with Crippen molar-refractivity contribution in [3.05, 3.63) is 12.3 Å². The number of carbonyl (C=O) groups excluding carboxylic acids is 1. The van der Waals surface area contributed by atoms with Gasteiger partial charge in [0.2, 0.25) is 11.9 Å². The topological polar surface area (TPSA) is 64.6 Å². The molecule has 7 nitrogen and oxygen atoms in total. The second-order valence-electron chi connectivity index (χ2n) is 10.6. The Morgan fingerprint density at radius 3 is 2.62 bits per heavy atom. The van der Waals surface area contributed by atoms with E-state index in [-0.39, 0.29) is 0 Å². The Hall–Kier alpha value is -1.89. The summed E-state index contributed by atoms with van der Waals surface area (Å²) in [5.41, 5.74) is 0. The SMILES string of the molecule is CCCCCC(=O)N1CCCC(N2CCCCC(Nc3nccc(N4CCCCCC4)n3)C2)C1. The maximum Gasteiger partial charge on any atom is 0.224 e. The largest absolute Gasteiger partial charge is 0.356 e. The molecule has 190 valence electrons. The van der Waals surface area contributed by atoms with Gasteiger partial charge in [-0.3, -0.25) is 9.69 Å². The minimum Gasteiger partial charge on any atom is -0.356 e. The number of likely N-dealkylation sites (tertiary alicyclic amines) is 2. The Morgan fingerprint density at radius 1 is 0.971 bits per heavy atom. The number of rotatable bonds is 8. The Labute approximate surface area is 206 Å². The zero-order chi connectivity index (χ0) is 23.6. The van der Waals surface area contributed by atoms with E-state index >= 15 is 0 Å². The van der Waals surface area contributed by atoms with Crippen LogP contribution in [0.3, 0.4) is 0 Å². The summed E-state index contributed by atoms with van der Waals surface area (Å²) < 4.78 is 0. The van der Waals surface area contributed by atoms with Crippen LogP contribution in [0.1, 0.15) is 90.4 Å². The number of amides is 1. The number of unbranched alkanes of at least 4 members (excludes halogenated alkanes) is 2. The molecule has 34 heavy (non-hydrogen) atoms. The minimum atomic E-state index is 0.359. The van der Waals surface area contributed by atoms with Crippen LogP contribution in [0.25, 0.3) is 0 Å². The van der Waals surface area contributed by atoms with Gasteiger partial charge >= 0.3 is 0 Å². The zero-order valence-electron chi connectivity index (χ0n) is 21.4. The van der Waals surface area contributed by atoms with E-state index in [4.69, 9.17) is 4.98 Å². The van der Waals surface area contributed by atoms with Gasteiger partial charge in [0.05, 0.1) is 0 Å². The second-order valence-corrected chi connectivity index (χ2v) is 10.6. The fraction of sp³-hybridized carbons (Fsp3) is 0.815. The molecule has 0 aliphatic carbocycles. The van der Waals surface area contributed by atoms with Crippen molar-refractivity contribution in [2.45, 2.75) is 102 Å². The van der Waals surface area contributed by atoms with Gasteiger partial charge in [0.15, 0.2) is 0 Å². The Kier molecular flexibility index (Phi) is 9.84. The van der Waals surface area contributed by atoms with Crippen LogP contribution in [-0.2, 0) is 4.79 Å². The Balaban J connectivity index is 1.33. The Morgan fingerprint density at radius 2 is 1.79 bits per heavy atom. The number of nitrogens with zero attached hydrogens (tertiary/aromatic N) is 5. The van der Waals surface area contributed by atoms with Gasteiger partial charge in [-0.1, -0.05) is 39.0 Å². The molecule has 4 heterocycles. The summed E-state index contributed by atoms with van der Waals surface area (Å²) in [5, 5.41) is 3.68. The molecule has 1 N–H and O–H groups in total. The molecule has 0 spiro atoms. The van der Waals surface area contributed by atoms with Crippen molar-refractivity contribution in [2.24, 2.45) is 0 Å². The lowest BCUT2D eigenvalue weighted by Gasteiger charge is -2.40. The van der Waals surface area contributed by atoms with E-state index in [9.17, 15) is 4.79 Å². The molecule has 1 amide bonds. The summed E-state index contributed by atoms with van der Waals surface area (Å²) in [6.45, 7) is 8.38. The zero-order valence-corrected chi connectivity index (χ0v) is 21.4. The molecule has 1 aromatic rings. The number of piperidine rings is 1. The standard InChI is InChI=1S/C27H46N6O/c1-2-3-6-14-26(34)33-20-11-13-24(22-33)32-19-10-7-12-23(21-32)29-27-28-16-15-25(30-27)31-17-8-4-5-9-18-31/h15-16,23-24H,2-14,17-22H2,1H3,(H,28,29,30). The third-order valence-corrected chi connectivity index (χ3v) is 7.87. The van der Waals surface area contributed by atoms with Crippen molar-refractivity contribution in [1.82, 2.24) is 19.8 Å². The highest BCUT2D eigenvalue weighted by molar-refractivity contribution is 5.76. The molecule has 3 fully saturated rings. The molecule has 4 rings (SSSR count). The third kappa shape index (κ3) is 7.30. The van der Waals surface area contributed by atoms with Gasteiger partial charge in [-0.25, -0.2) is 4.98 Å². The van der Waals surface area contributed by atoms with E-state index in [1.165, 1.54) is 51.4 Å². The molecule has 1 aromatic heterocycles. The van der Waals surface area contributed by atoms with E-state index in [0.717, 1.165) is 83.1 Å². The lowest BCUT2D eigenvalue weighted by Crippen LogP contribution is -2.51. The lowest BCUT2D eigenvalue weighted by molar-refractivity contribution is -0.133. The summed E-state index contributed by atoms with van der Waals surface area (Å²) in [5.74, 6) is 2.20. The van der Waals surface area contributed by atoms with Crippen molar-refractivity contribution < 1.29 is 4.79 Å². The van der Waals surface area contributed by atoms with E-state index < -0.39 is 0 Å². The summed E-state index contributed by atoms with van der Waals surface area (Å²) in [6.07, 6.45) is 17.1. The first-order valence-corrected chi connectivity index (χ1v) is 14.1. The highest BCUT2D eigenvalue weighted by atomic mass is 16.2. The number of hydrogen-bond donors (Lipinski definition) is 1. The number of hydrogen-bond acceptors (Lipinski definition) is 6. The molecule has 0 saturated carbocycles. The quantitative estimate of drug-likeness (QED) is 0.556. The maximum atomic E-state index is 12.7. The summed E-state index contributed by atoms with van der Waals surface area (Å²) in [7, 11) is 0. The van der Waals surface area contributed by atoms with Crippen molar-refractivity contribution in [1.29, 1.82) is 0 Å². The van der Waals surface area contributed by atoms with Gasteiger partial charge in [0, 0.05) is 57.4 Å². The molecule has 3 aliphatic heterocycles. The average molecular weight is 471 g/mol. The van der Waals surface area contributed by atoms with Gasteiger partial charge in [-0.15, -0.1) is 0 Å². The highest BCUT2D eigenvalue weighted by Gasteiger charge is 2.30. The first-order valence-electron chi connectivity index (χ1n) is 14.1. The molecule has 2 unspecified atom stereocenters. The maximum absolute atomic E-state index is 12.7. The molecule has 0 aromatic carbocycles. The fourth-order valence-electron chi connectivity index (χ4n) is 5.86. The fourth-order valence-corrected chi connectivity index (χ4v) is 5.86. The predicted molar refractivity (Wildman–Crippen MR) is 139 cm³/mol. The van der Waals surface area contributed by atoms with Crippen molar-refractivity contribution in [3.63, 3.8) is 0 Å². The second kappa shape index (κ2) is 13.3. The van der Waals surface area contributed by atoms with Crippen LogP contribution in [-0.4, -0.2) is 77.0 Å². The van der Waals surface area contributed by atoms with Crippen LogP contribution in [0.2, 0.25) is 0 Å². The number of anilines is 2. The van der Waals surface area contributed by atoms with Gasteiger partial charge in [-0.05, 0) is 57.6 Å². The summed E-state index contributed by atoms with van der Waals surface area (Å²) in [6, 6.07) is 2.90. The van der Waals surface area contributed by atoms with Crippen LogP contribution in [0.4, 0.5) is 11.8 Å². The van der Waals surface area contributed by atoms with Crippen LogP contribution >= 0.6 is 0 Å². The molecule has 2 atom stereocenters. The molecule has 0 radical (unpaired) electrons. The van der Waals surface area contributed by atoms with E-state index in [1.54, 1.807) is 0 Å². The smallest absolute Gasteiger partial charge is 0.224 e. The lowest BCUT2D eigenvalue weighted by atomic mass is 10.0. The minimum absolute atomic E-state index is 0.359. The monoisotopic (exact) mass is 470 g/mol. The van der Waals surface area contributed by atoms with Crippen molar-refractivity contribution in [2.75, 3.05) is 49.5 Å². The molecular formula is C27H46N6O. The van der Waals surface area contributed by atoms with E-state index in [1.807, 2.05) is 6.20 Å². The van der Waals surface area contributed by atoms with Gasteiger partial charge < -0.3 is 15.1 Å². The van der Waals surface area contributed by atoms with Crippen LogP contribution in [0.15, 0.2) is 12.3 Å². The van der Waals surface area contributed by atoms with Gasteiger partial charge in [0.1, 0.15) is 5.82 Å². The third-order valence-electron chi connectivity index (χ3n) is 7.87. The highest BCUT2D eigenvalue weighted by Crippen LogP contribution is 2.23. The van der Waals surface area contributed by atoms with Crippen molar-refractivity contribution >= 4 is 17.7 Å². The van der Waals surface area contributed by atoms with Crippen LogP contribution in [0, 0.1) is 0 Å². The van der Waals surface area contributed by atoms with E-state index in [0.29, 0.717) is 18.0 Å². The number of aromatic nitrogens is 2. The summed E-state index contributed by atoms with van der Waals surface area (Å²) >= 11 is 0. The molecule has 3 saturated heterocycles. The number of carbonyl (C=O) groups is 1. The first kappa shape index (κ1) is 25.2. The van der Waals surface area contributed by atoms with Crippen molar-refractivity contribution in [3.8, 4) is 0 Å². The molecule has 7 heteroatoms. The van der Waals surface area contributed by atoms with Crippen LogP contribution < -0.4 is 10.2 Å². The molecule has 0 bridgehead atoms. The van der Waals surface area contributed by atoms with Gasteiger partial charge in [0.25, 0.3) is 0 Å².